The minimum absolute atomic E-state index is 0.513. The average molecular weight is 476 g/mol. The van der Waals surface area contributed by atoms with E-state index in [1.807, 2.05) is 6.07 Å². The fraction of sp³-hybridized carbons (Fsp3) is 0. The zero-order valence-corrected chi connectivity index (χ0v) is 20.5. The smallest absolute Gasteiger partial charge is 0.189 e. The van der Waals surface area contributed by atoms with Crippen LogP contribution in [-0.2, 0) is 0 Å². The Morgan fingerprint density at radius 3 is 1.61 bits per heavy atom. The quantitative estimate of drug-likeness (QED) is 0.258. The molecule has 6 rings (SSSR count). The van der Waals surface area contributed by atoms with Gasteiger partial charge in [0.05, 0.1) is 17.8 Å². The molecule has 168 valence electrons. The van der Waals surface area contributed by atoms with E-state index in [9.17, 15) is 5.26 Å². The second-order valence-corrected chi connectivity index (χ2v) is 12.5. The van der Waals surface area contributed by atoms with Crippen LogP contribution in [0.1, 0.15) is 5.56 Å². The predicted molar refractivity (Wildman–Crippen MR) is 149 cm³/mol. The van der Waals surface area contributed by atoms with E-state index in [2.05, 4.69) is 125 Å². The van der Waals surface area contributed by atoms with Crippen LogP contribution in [0.3, 0.4) is 0 Å². The van der Waals surface area contributed by atoms with E-state index in [-0.39, 0.29) is 0 Å². The number of nitrogens with zero attached hydrogens (tertiary/aromatic N) is 3. The van der Waals surface area contributed by atoms with Crippen LogP contribution >= 0.6 is 0 Å². The fourth-order valence-corrected chi connectivity index (χ4v) is 10.6. The van der Waals surface area contributed by atoms with E-state index in [0.717, 1.165) is 17.1 Å². The summed E-state index contributed by atoms with van der Waals surface area (Å²) in [6.07, 6.45) is 0. The molecule has 0 aliphatic carbocycles. The molecule has 0 saturated carbocycles. The number of hydrogen-bond acceptors (Lipinski definition) is 2. The van der Waals surface area contributed by atoms with Crippen LogP contribution in [0.4, 0.5) is 22.7 Å². The van der Waals surface area contributed by atoms with E-state index in [1.54, 1.807) is 12.1 Å². The Kier molecular flexibility index (Phi) is 5.23. The zero-order valence-electron chi connectivity index (χ0n) is 19.5. The van der Waals surface area contributed by atoms with E-state index in [0.29, 0.717) is 11.3 Å². The monoisotopic (exact) mass is 475 g/mol. The number of fused-ring (bicyclic) bond motifs is 2. The highest BCUT2D eigenvalue weighted by Crippen LogP contribution is 2.40. The van der Waals surface area contributed by atoms with Crippen molar-refractivity contribution in [2.75, 3.05) is 4.90 Å². The summed E-state index contributed by atoms with van der Waals surface area (Å²) in [6.45, 7) is 7.59. The predicted octanol–water partition coefficient (Wildman–Crippen LogP) is 5.27. The first kappa shape index (κ1) is 21.6. The number of benzene rings is 5. The topological polar surface area (TPSA) is 31.4 Å². The summed E-state index contributed by atoms with van der Waals surface area (Å²) in [5.74, 6) is 0. The summed E-state index contributed by atoms with van der Waals surface area (Å²) >= 11 is 0. The molecule has 4 heteroatoms. The van der Waals surface area contributed by atoms with Crippen molar-refractivity contribution in [2.24, 2.45) is 0 Å². The zero-order chi connectivity index (χ0) is 24.5. The molecule has 1 aliphatic rings. The largest absolute Gasteiger partial charge is 0.311 e. The standard InChI is InChI=1S/C32H21N3Si/c1-34-25-21-20-24(23-33)30(22-25)35-28-16-8-10-18-31(28)36(26-12-4-2-5-13-26,27-14-6-3-7-15-27)32-19-11-9-17-29(32)35/h2-22H. The first-order valence-corrected chi connectivity index (χ1v) is 13.8. The molecule has 0 unspecified atom stereocenters. The number of rotatable bonds is 3. The Bertz CT molecular complexity index is 1570. The maximum atomic E-state index is 10.0. The molecule has 0 fully saturated rings. The number of hydrogen-bond donors (Lipinski definition) is 0. The Hall–Kier alpha value is -4.90. The molecule has 1 aliphatic heterocycles. The Morgan fingerprint density at radius 2 is 1.11 bits per heavy atom. The van der Waals surface area contributed by atoms with Crippen LogP contribution < -0.4 is 25.6 Å². The summed E-state index contributed by atoms with van der Waals surface area (Å²) in [7, 11) is -2.69. The van der Waals surface area contributed by atoms with Gasteiger partial charge < -0.3 is 4.90 Å². The Labute approximate surface area is 212 Å². The highest BCUT2D eigenvalue weighted by atomic mass is 28.3. The van der Waals surface area contributed by atoms with E-state index < -0.39 is 8.07 Å². The van der Waals surface area contributed by atoms with Gasteiger partial charge in [-0.3, -0.25) is 0 Å². The lowest BCUT2D eigenvalue weighted by atomic mass is 10.1. The van der Waals surface area contributed by atoms with Crippen molar-refractivity contribution in [1.29, 1.82) is 5.26 Å². The lowest BCUT2D eigenvalue weighted by Crippen LogP contribution is -2.77. The SMILES string of the molecule is [C-]#[N+]c1ccc(C#N)c(N2c3ccccc3[Si](c3ccccc3)(c3ccccc3)c3ccccc32)c1. The Morgan fingerprint density at radius 1 is 0.611 bits per heavy atom. The highest BCUT2D eigenvalue weighted by molar-refractivity contribution is 7.21. The van der Waals surface area contributed by atoms with E-state index in [4.69, 9.17) is 6.57 Å². The Balaban J connectivity index is 1.78. The number of nitriles is 1. The molecule has 1 heterocycles. The van der Waals surface area contributed by atoms with Crippen LogP contribution in [0.2, 0.25) is 0 Å². The molecular formula is C32H21N3Si. The summed E-state index contributed by atoms with van der Waals surface area (Å²) in [5.41, 5.74) is 3.89. The van der Waals surface area contributed by atoms with E-state index in [1.165, 1.54) is 20.7 Å². The van der Waals surface area contributed by atoms with Gasteiger partial charge in [-0.1, -0.05) is 109 Å². The van der Waals surface area contributed by atoms with Gasteiger partial charge in [0, 0.05) is 11.4 Å². The van der Waals surface area contributed by atoms with Crippen LogP contribution in [0.15, 0.2) is 127 Å². The number of para-hydroxylation sites is 2. The van der Waals surface area contributed by atoms with Gasteiger partial charge in [-0.15, -0.1) is 0 Å². The highest BCUT2D eigenvalue weighted by Gasteiger charge is 2.48. The van der Waals surface area contributed by atoms with Gasteiger partial charge in [-0.25, -0.2) is 4.85 Å². The third kappa shape index (κ3) is 3.10. The van der Waals surface area contributed by atoms with Crippen molar-refractivity contribution in [3.63, 3.8) is 0 Å². The molecule has 0 N–H and O–H groups in total. The molecule has 0 atom stereocenters. The summed E-state index contributed by atoms with van der Waals surface area (Å²) in [4.78, 5) is 5.84. The molecule has 5 aromatic carbocycles. The first-order valence-electron chi connectivity index (χ1n) is 11.8. The fourth-order valence-electron chi connectivity index (χ4n) is 5.54. The van der Waals surface area contributed by atoms with Crippen molar-refractivity contribution in [2.45, 2.75) is 0 Å². The maximum absolute atomic E-state index is 10.0. The van der Waals surface area contributed by atoms with Crippen LogP contribution in [0.5, 0.6) is 0 Å². The summed E-state index contributed by atoms with van der Waals surface area (Å²) < 4.78 is 0. The van der Waals surface area contributed by atoms with Gasteiger partial charge in [0.15, 0.2) is 13.8 Å². The van der Waals surface area contributed by atoms with Gasteiger partial charge in [0.2, 0.25) is 0 Å². The first-order chi connectivity index (χ1) is 17.8. The molecule has 0 saturated heterocycles. The molecule has 0 aromatic heterocycles. The minimum atomic E-state index is -2.69. The molecule has 0 radical (unpaired) electrons. The van der Waals surface area contributed by atoms with Crippen LogP contribution in [-0.4, -0.2) is 8.07 Å². The number of anilines is 3. The molecule has 5 aromatic rings. The third-order valence-electron chi connectivity index (χ3n) is 6.98. The van der Waals surface area contributed by atoms with Gasteiger partial charge in [0.25, 0.3) is 0 Å². The van der Waals surface area contributed by atoms with Crippen molar-refractivity contribution >= 4 is 51.6 Å². The second-order valence-electron chi connectivity index (χ2n) is 8.78. The molecule has 36 heavy (non-hydrogen) atoms. The van der Waals surface area contributed by atoms with Crippen molar-refractivity contribution in [3.8, 4) is 6.07 Å². The molecule has 0 spiro atoms. The lowest BCUT2D eigenvalue weighted by Gasteiger charge is -2.45. The lowest BCUT2D eigenvalue weighted by molar-refractivity contribution is 1.28. The van der Waals surface area contributed by atoms with Crippen LogP contribution in [0, 0.1) is 17.9 Å². The summed E-state index contributed by atoms with van der Waals surface area (Å²) in [6, 6.07) is 46.4. The van der Waals surface area contributed by atoms with Crippen molar-refractivity contribution < 1.29 is 0 Å². The van der Waals surface area contributed by atoms with Gasteiger partial charge in [-0.2, -0.15) is 5.26 Å². The van der Waals surface area contributed by atoms with Crippen molar-refractivity contribution in [1.82, 2.24) is 0 Å². The molecule has 0 amide bonds. The van der Waals surface area contributed by atoms with Gasteiger partial charge in [0.1, 0.15) is 6.07 Å². The summed E-state index contributed by atoms with van der Waals surface area (Å²) in [5, 5.41) is 15.2. The minimum Gasteiger partial charge on any atom is -0.311 e. The molecular weight excluding hydrogens is 454 g/mol. The normalized spacial score (nSPS) is 13.1. The third-order valence-corrected chi connectivity index (χ3v) is 11.8. The van der Waals surface area contributed by atoms with Gasteiger partial charge >= 0.3 is 0 Å². The molecule has 0 bridgehead atoms. The maximum Gasteiger partial charge on any atom is 0.189 e. The second kappa shape index (κ2) is 8.71. The van der Waals surface area contributed by atoms with Crippen LogP contribution in [0.25, 0.3) is 4.85 Å². The van der Waals surface area contributed by atoms with Gasteiger partial charge in [-0.05, 0) is 38.9 Å². The van der Waals surface area contributed by atoms with E-state index >= 15 is 0 Å². The molecule has 3 nitrogen and oxygen atoms in total. The van der Waals surface area contributed by atoms with Crippen molar-refractivity contribution in [3.05, 3.63) is 144 Å². The average Bonchev–Trinajstić information content (AvgIpc) is 2.96.